The van der Waals surface area contributed by atoms with E-state index in [1.165, 1.54) is 17.2 Å². The summed E-state index contributed by atoms with van der Waals surface area (Å²) in [5, 5.41) is 14.5. The Morgan fingerprint density at radius 3 is 2.95 bits per heavy atom. The first kappa shape index (κ1) is 14.5. The highest BCUT2D eigenvalue weighted by atomic mass is 16.6. The highest BCUT2D eigenvalue weighted by Crippen LogP contribution is 2.17. The number of carbonyl (C=O) groups excluding carboxylic acids is 1. The molecule has 1 amide bonds. The van der Waals surface area contributed by atoms with Crippen molar-refractivity contribution in [3.8, 4) is 0 Å². The van der Waals surface area contributed by atoms with Crippen LogP contribution in [-0.4, -0.2) is 38.6 Å². The topological polar surface area (TPSA) is 81.3 Å². The number of piperidine rings is 1. The first-order valence-corrected chi connectivity index (χ1v) is 6.94. The van der Waals surface area contributed by atoms with Crippen molar-refractivity contribution in [3.05, 3.63) is 21.9 Å². The number of hydrogen-bond donors (Lipinski definition) is 0. The third kappa shape index (κ3) is 3.34. The number of amides is 1. The average molecular weight is 280 g/mol. The van der Waals surface area contributed by atoms with E-state index in [0.29, 0.717) is 24.6 Å². The number of aryl methyl sites for hydroxylation is 2. The summed E-state index contributed by atoms with van der Waals surface area (Å²) >= 11 is 0. The van der Waals surface area contributed by atoms with E-state index >= 15 is 0 Å². The second-order valence-corrected chi connectivity index (χ2v) is 5.46. The smallest absolute Gasteiger partial charge is 0.358 e. The maximum Gasteiger partial charge on any atom is 0.390 e. The van der Waals surface area contributed by atoms with Gasteiger partial charge in [-0.05, 0) is 30.6 Å². The van der Waals surface area contributed by atoms with Gasteiger partial charge in [0.15, 0.2) is 0 Å². The molecule has 0 unspecified atom stereocenters. The number of nitro groups is 1. The molecule has 7 heteroatoms. The fraction of sp³-hybridized carbons (Fsp3) is 0.692. The Labute approximate surface area is 117 Å². The van der Waals surface area contributed by atoms with E-state index in [1.807, 2.05) is 4.90 Å². The van der Waals surface area contributed by atoms with E-state index in [9.17, 15) is 14.9 Å². The van der Waals surface area contributed by atoms with Crippen LogP contribution in [0.1, 0.15) is 31.9 Å². The molecule has 1 atom stereocenters. The van der Waals surface area contributed by atoms with E-state index in [2.05, 4.69) is 12.0 Å². The molecule has 1 aliphatic heterocycles. The third-order valence-corrected chi connectivity index (χ3v) is 3.70. The van der Waals surface area contributed by atoms with Crippen molar-refractivity contribution in [2.75, 3.05) is 13.1 Å². The van der Waals surface area contributed by atoms with Crippen LogP contribution in [0.15, 0.2) is 6.07 Å². The predicted octanol–water partition coefficient (Wildman–Crippen LogP) is 1.75. The molecular formula is C13H20N4O3. The third-order valence-electron chi connectivity index (χ3n) is 3.70. The molecule has 2 rings (SSSR count). The minimum Gasteiger partial charge on any atom is -0.358 e. The minimum absolute atomic E-state index is 0.106. The molecule has 20 heavy (non-hydrogen) atoms. The lowest BCUT2D eigenvalue weighted by Crippen LogP contribution is -2.39. The largest absolute Gasteiger partial charge is 0.390 e. The van der Waals surface area contributed by atoms with Gasteiger partial charge in [0.25, 0.3) is 0 Å². The fourth-order valence-electron chi connectivity index (χ4n) is 2.58. The zero-order valence-electron chi connectivity index (χ0n) is 11.9. The van der Waals surface area contributed by atoms with Gasteiger partial charge in [0.2, 0.25) is 5.91 Å². The van der Waals surface area contributed by atoms with Crippen LogP contribution in [0.5, 0.6) is 0 Å². The summed E-state index contributed by atoms with van der Waals surface area (Å²) in [6, 6.07) is 1.42. The molecule has 0 spiro atoms. The molecule has 110 valence electrons. The quantitative estimate of drug-likeness (QED) is 0.621. The lowest BCUT2D eigenvalue weighted by atomic mass is 10.00. The Morgan fingerprint density at radius 1 is 1.60 bits per heavy atom. The molecule has 0 N–H and O–H groups in total. The van der Waals surface area contributed by atoms with Gasteiger partial charge in [-0.1, -0.05) is 6.92 Å². The molecule has 1 aromatic heterocycles. The number of aromatic nitrogens is 2. The molecule has 0 radical (unpaired) electrons. The van der Waals surface area contributed by atoms with Crippen LogP contribution in [0.3, 0.4) is 0 Å². The lowest BCUT2D eigenvalue weighted by Gasteiger charge is -2.30. The second kappa shape index (κ2) is 6.02. The van der Waals surface area contributed by atoms with E-state index < -0.39 is 4.92 Å². The standard InChI is InChI=1S/C13H20N4O3/c1-10-4-3-6-15(9-10)13(18)5-7-16-11(2)8-12(14-16)17(19)20/h8,10H,3-7,9H2,1-2H3/t10-/m1/s1. The molecule has 0 bridgehead atoms. The summed E-state index contributed by atoms with van der Waals surface area (Å²) < 4.78 is 1.53. The first-order valence-electron chi connectivity index (χ1n) is 6.94. The van der Waals surface area contributed by atoms with Crippen LogP contribution in [-0.2, 0) is 11.3 Å². The van der Waals surface area contributed by atoms with Gasteiger partial charge in [-0.2, -0.15) is 4.68 Å². The van der Waals surface area contributed by atoms with Gasteiger partial charge in [0, 0.05) is 19.5 Å². The molecular weight excluding hydrogens is 260 g/mol. The van der Waals surface area contributed by atoms with Crippen molar-refractivity contribution in [2.24, 2.45) is 5.92 Å². The van der Waals surface area contributed by atoms with E-state index in [1.54, 1.807) is 6.92 Å². The van der Waals surface area contributed by atoms with Crippen molar-refractivity contribution in [1.82, 2.24) is 14.7 Å². The normalized spacial score (nSPS) is 19.1. The van der Waals surface area contributed by atoms with Crippen molar-refractivity contribution in [2.45, 2.75) is 39.7 Å². The highest BCUT2D eigenvalue weighted by molar-refractivity contribution is 5.76. The van der Waals surface area contributed by atoms with E-state index in [0.717, 1.165) is 19.5 Å². The minimum atomic E-state index is -0.516. The molecule has 1 saturated heterocycles. The SMILES string of the molecule is Cc1cc([N+](=O)[O-])nn1CCC(=O)N1CCC[C@@H](C)C1. The van der Waals surface area contributed by atoms with Crippen molar-refractivity contribution in [1.29, 1.82) is 0 Å². The average Bonchev–Trinajstić information content (AvgIpc) is 2.77. The van der Waals surface area contributed by atoms with Gasteiger partial charge >= 0.3 is 5.82 Å². The van der Waals surface area contributed by atoms with Crippen LogP contribution in [0, 0.1) is 23.0 Å². The van der Waals surface area contributed by atoms with Gasteiger partial charge in [0.05, 0.1) is 23.4 Å². The zero-order chi connectivity index (χ0) is 14.7. The summed E-state index contributed by atoms with van der Waals surface area (Å²) in [6.07, 6.45) is 2.57. The van der Waals surface area contributed by atoms with Crippen LogP contribution >= 0.6 is 0 Å². The van der Waals surface area contributed by atoms with E-state index in [-0.39, 0.29) is 11.7 Å². The van der Waals surface area contributed by atoms with Crippen LogP contribution in [0.4, 0.5) is 5.82 Å². The molecule has 0 aromatic carbocycles. The maximum atomic E-state index is 12.1. The zero-order valence-corrected chi connectivity index (χ0v) is 11.9. The number of rotatable bonds is 4. The second-order valence-electron chi connectivity index (χ2n) is 5.46. The lowest BCUT2D eigenvalue weighted by molar-refractivity contribution is -0.389. The fourth-order valence-corrected chi connectivity index (χ4v) is 2.58. The van der Waals surface area contributed by atoms with Gasteiger partial charge < -0.3 is 15.0 Å². The van der Waals surface area contributed by atoms with Crippen molar-refractivity contribution in [3.63, 3.8) is 0 Å². The molecule has 0 aliphatic carbocycles. The first-order chi connectivity index (χ1) is 9.47. The summed E-state index contributed by atoms with van der Waals surface area (Å²) in [5.74, 6) is 0.496. The molecule has 2 heterocycles. The molecule has 1 aromatic rings. The monoisotopic (exact) mass is 280 g/mol. The predicted molar refractivity (Wildman–Crippen MR) is 73.2 cm³/mol. The summed E-state index contributed by atoms with van der Waals surface area (Å²) in [5.41, 5.74) is 0.705. The number of hydrogen-bond acceptors (Lipinski definition) is 4. The molecule has 7 nitrogen and oxygen atoms in total. The number of likely N-dealkylation sites (tertiary alicyclic amines) is 1. The summed E-state index contributed by atoms with van der Waals surface area (Å²) in [6.45, 7) is 5.94. The Kier molecular flexibility index (Phi) is 4.36. The Morgan fingerprint density at radius 2 is 2.35 bits per heavy atom. The number of carbonyl (C=O) groups is 1. The number of nitrogens with zero attached hydrogens (tertiary/aromatic N) is 4. The maximum absolute atomic E-state index is 12.1. The van der Waals surface area contributed by atoms with Gasteiger partial charge in [-0.15, -0.1) is 0 Å². The van der Waals surface area contributed by atoms with Crippen molar-refractivity contribution < 1.29 is 9.72 Å². The van der Waals surface area contributed by atoms with Gasteiger partial charge in [0.1, 0.15) is 0 Å². The van der Waals surface area contributed by atoms with Crippen molar-refractivity contribution >= 4 is 11.7 Å². The Bertz CT molecular complexity index is 512. The highest BCUT2D eigenvalue weighted by Gasteiger charge is 2.22. The Hall–Kier alpha value is -1.92. The van der Waals surface area contributed by atoms with Gasteiger partial charge in [-0.25, -0.2) is 0 Å². The summed E-state index contributed by atoms with van der Waals surface area (Å²) in [4.78, 5) is 24.1. The summed E-state index contributed by atoms with van der Waals surface area (Å²) in [7, 11) is 0. The van der Waals surface area contributed by atoms with Crippen LogP contribution in [0.25, 0.3) is 0 Å². The Balaban J connectivity index is 1.91. The van der Waals surface area contributed by atoms with Gasteiger partial charge in [-0.3, -0.25) is 4.79 Å². The molecule has 0 saturated carbocycles. The van der Waals surface area contributed by atoms with E-state index in [4.69, 9.17) is 0 Å². The van der Waals surface area contributed by atoms with Crippen LogP contribution < -0.4 is 0 Å². The molecule has 1 fully saturated rings. The molecule has 1 aliphatic rings. The van der Waals surface area contributed by atoms with Crippen LogP contribution in [0.2, 0.25) is 0 Å².